The van der Waals surface area contributed by atoms with Crippen LogP contribution < -0.4 is 5.46 Å². The zero-order chi connectivity index (χ0) is 23.2. The fourth-order valence-corrected chi connectivity index (χ4v) is 3.84. The minimum atomic E-state index is -0.412. The van der Waals surface area contributed by atoms with E-state index in [1.54, 1.807) is 10.6 Å². The summed E-state index contributed by atoms with van der Waals surface area (Å²) in [7, 11) is -0.412. The maximum Gasteiger partial charge on any atom is 0.494 e. The lowest BCUT2D eigenvalue weighted by Gasteiger charge is -2.32. The monoisotopic (exact) mass is 437 g/mol. The van der Waals surface area contributed by atoms with Gasteiger partial charge in [-0.15, -0.1) is 10.2 Å². The van der Waals surface area contributed by atoms with Crippen LogP contribution in [-0.2, 0) is 15.7 Å². The Morgan fingerprint density at radius 3 is 2.45 bits per heavy atom. The van der Waals surface area contributed by atoms with Crippen molar-refractivity contribution in [3.8, 4) is 11.3 Å². The van der Waals surface area contributed by atoms with E-state index in [0.29, 0.717) is 17.8 Å². The highest BCUT2D eigenvalue weighted by molar-refractivity contribution is 6.62. The molecule has 0 atom stereocenters. The molecule has 33 heavy (non-hydrogen) atoms. The van der Waals surface area contributed by atoms with E-state index in [1.807, 2.05) is 42.5 Å². The zero-order valence-corrected chi connectivity index (χ0v) is 19.1. The third kappa shape index (κ3) is 3.90. The maximum absolute atomic E-state index is 7.25. The lowest BCUT2D eigenvalue weighted by molar-refractivity contribution is 0.00578. The third-order valence-electron chi connectivity index (χ3n) is 6.44. The molecule has 1 fully saturated rings. The minimum absolute atomic E-state index is 0.387. The molecule has 1 aliphatic heterocycles. The van der Waals surface area contributed by atoms with E-state index < -0.39 is 7.12 Å². The Bertz CT molecular complexity index is 1370. The number of rotatable bonds is 4. The fraction of sp³-hybridized carbons (Fsp3) is 0.280. The summed E-state index contributed by atoms with van der Waals surface area (Å²) in [6.07, 6.45) is 0.563. The number of aromatic nitrogens is 4. The summed E-state index contributed by atoms with van der Waals surface area (Å²) in [6, 6.07) is 19.4. The van der Waals surface area contributed by atoms with Crippen LogP contribution in [0.5, 0.6) is 0 Å². The van der Waals surface area contributed by atoms with E-state index in [9.17, 15) is 0 Å². The molecule has 0 amide bonds. The molecule has 0 bridgehead atoms. The molecule has 0 radical (unpaired) electrons. The molecule has 8 heteroatoms. The fourth-order valence-electron chi connectivity index (χ4n) is 3.84. The molecule has 5 rings (SSSR count). The number of nitrogens with zero attached hydrogens (tertiary/aromatic N) is 5. The minimum Gasteiger partial charge on any atom is -0.399 e. The highest BCUT2D eigenvalue weighted by Crippen LogP contribution is 2.36. The van der Waals surface area contributed by atoms with Crippen LogP contribution in [0.4, 0.5) is 5.69 Å². The number of fused-ring (bicyclic) bond motifs is 1. The molecule has 4 aromatic rings. The Morgan fingerprint density at radius 1 is 0.939 bits per heavy atom. The predicted molar refractivity (Wildman–Crippen MR) is 127 cm³/mol. The van der Waals surface area contributed by atoms with Crippen LogP contribution in [0, 0.1) is 6.57 Å². The number of hydrogen-bond acceptors (Lipinski definition) is 5. The second kappa shape index (κ2) is 7.80. The Labute approximate surface area is 193 Å². The van der Waals surface area contributed by atoms with Gasteiger partial charge in [0.25, 0.3) is 0 Å². The zero-order valence-electron chi connectivity index (χ0n) is 19.1. The smallest absolute Gasteiger partial charge is 0.399 e. The molecule has 7 nitrogen and oxygen atoms in total. The van der Waals surface area contributed by atoms with Gasteiger partial charge in [0, 0.05) is 6.42 Å². The summed E-state index contributed by atoms with van der Waals surface area (Å²) in [5.41, 5.74) is 4.18. The van der Waals surface area contributed by atoms with Gasteiger partial charge in [-0.25, -0.2) is 4.85 Å². The standard InChI is InChI=1S/C25H24BN5O2/c1-24(2)25(3,4)33-26(32-24)19-10-6-8-17(14-19)15-23-29-28-22-13-12-21(30-31(22)23)18-9-7-11-20(16-18)27-5/h6-14,16H,15H2,1-4H3. The van der Waals surface area contributed by atoms with Crippen molar-refractivity contribution in [3.05, 3.63) is 83.5 Å². The van der Waals surface area contributed by atoms with Crippen LogP contribution in [0.3, 0.4) is 0 Å². The molecule has 0 spiro atoms. The highest BCUT2D eigenvalue weighted by atomic mass is 16.7. The van der Waals surface area contributed by atoms with Gasteiger partial charge in [0.1, 0.15) is 0 Å². The molecule has 0 unspecified atom stereocenters. The molecule has 3 heterocycles. The van der Waals surface area contributed by atoms with E-state index >= 15 is 0 Å². The van der Waals surface area contributed by atoms with E-state index in [0.717, 1.165) is 28.1 Å². The van der Waals surface area contributed by atoms with Crippen molar-refractivity contribution in [3.63, 3.8) is 0 Å². The van der Waals surface area contributed by atoms with Crippen LogP contribution in [-0.4, -0.2) is 38.1 Å². The van der Waals surface area contributed by atoms with Gasteiger partial charge in [-0.05, 0) is 62.5 Å². The SMILES string of the molecule is [C-]#[N+]c1cccc(-c2ccc3nnc(Cc4cccc(B5OC(C)(C)C(C)(C)O5)c4)n3n2)c1. The van der Waals surface area contributed by atoms with Gasteiger partial charge in [-0.1, -0.05) is 42.5 Å². The van der Waals surface area contributed by atoms with Crippen LogP contribution >= 0.6 is 0 Å². The van der Waals surface area contributed by atoms with Crippen molar-refractivity contribution in [1.82, 2.24) is 19.8 Å². The summed E-state index contributed by atoms with van der Waals surface area (Å²) in [6.45, 7) is 15.5. The van der Waals surface area contributed by atoms with Crippen molar-refractivity contribution in [2.75, 3.05) is 0 Å². The lowest BCUT2D eigenvalue weighted by Crippen LogP contribution is -2.41. The molecular formula is C25H24BN5O2. The Hall–Kier alpha value is -3.54. The average Bonchev–Trinajstić information content (AvgIpc) is 3.30. The Balaban J connectivity index is 1.44. The Kier molecular flexibility index (Phi) is 5.04. The number of benzene rings is 2. The summed E-state index contributed by atoms with van der Waals surface area (Å²) >= 11 is 0. The van der Waals surface area contributed by atoms with Crippen molar-refractivity contribution in [2.24, 2.45) is 0 Å². The van der Waals surface area contributed by atoms with E-state index in [4.69, 9.17) is 21.0 Å². The molecule has 2 aromatic carbocycles. The first-order valence-electron chi connectivity index (χ1n) is 10.9. The molecule has 0 N–H and O–H groups in total. The average molecular weight is 437 g/mol. The van der Waals surface area contributed by atoms with Crippen molar-refractivity contribution >= 4 is 23.9 Å². The van der Waals surface area contributed by atoms with Crippen LogP contribution in [0.25, 0.3) is 21.7 Å². The van der Waals surface area contributed by atoms with Crippen molar-refractivity contribution in [2.45, 2.75) is 45.3 Å². The van der Waals surface area contributed by atoms with Crippen molar-refractivity contribution < 1.29 is 9.31 Å². The second-order valence-electron chi connectivity index (χ2n) is 9.28. The lowest BCUT2D eigenvalue weighted by atomic mass is 9.78. The molecule has 2 aromatic heterocycles. The predicted octanol–water partition coefficient (Wildman–Crippen LogP) is 4.23. The van der Waals surface area contributed by atoms with E-state index in [1.165, 1.54) is 0 Å². The molecule has 1 saturated heterocycles. The van der Waals surface area contributed by atoms with Crippen LogP contribution in [0.15, 0.2) is 60.7 Å². The molecule has 0 saturated carbocycles. The Morgan fingerprint density at radius 2 is 1.70 bits per heavy atom. The molecular weight excluding hydrogens is 413 g/mol. The highest BCUT2D eigenvalue weighted by Gasteiger charge is 2.51. The second-order valence-corrected chi connectivity index (χ2v) is 9.28. The van der Waals surface area contributed by atoms with Crippen molar-refractivity contribution in [1.29, 1.82) is 0 Å². The first-order valence-corrected chi connectivity index (χ1v) is 10.9. The molecule has 0 aliphatic carbocycles. The van der Waals surface area contributed by atoms with Gasteiger partial charge in [-0.2, -0.15) is 9.61 Å². The largest absolute Gasteiger partial charge is 0.494 e. The molecule has 1 aliphatic rings. The van der Waals surface area contributed by atoms with Gasteiger partial charge in [0.2, 0.25) is 0 Å². The third-order valence-corrected chi connectivity index (χ3v) is 6.44. The summed E-state index contributed by atoms with van der Waals surface area (Å²) < 4.78 is 14.2. The summed E-state index contributed by atoms with van der Waals surface area (Å²) in [4.78, 5) is 3.51. The topological polar surface area (TPSA) is 65.9 Å². The van der Waals surface area contributed by atoms with E-state index in [-0.39, 0.29) is 11.2 Å². The van der Waals surface area contributed by atoms with E-state index in [2.05, 4.69) is 54.9 Å². The normalized spacial score (nSPS) is 16.8. The summed E-state index contributed by atoms with van der Waals surface area (Å²) in [5, 5.41) is 13.4. The first-order chi connectivity index (χ1) is 15.8. The quantitative estimate of drug-likeness (QED) is 0.353. The van der Waals surface area contributed by atoms with Crippen LogP contribution in [0.1, 0.15) is 39.1 Å². The first kappa shape index (κ1) is 21.3. The van der Waals surface area contributed by atoms with Gasteiger partial charge in [0.15, 0.2) is 17.2 Å². The maximum atomic E-state index is 7.25. The number of hydrogen-bond donors (Lipinski definition) is 0. The van der Waals surface area contributed by atoms with Gasteiger partial charge in [-0.3, -0.25) is 0 Å². The van der Waals surface area contributed by atoms with Gasteiger partial charge >= 0.3 is 7.12 Å². The molecule has 164 valence electrons. The van der Waals surface area contributed by atoms with Gasteiger partial charge < -0.3 is 9.31 Å². The van der Waals surface area contributed by atoms with Gasteiger partial charge in [0.05, 0.1) is 23.5 Å². The summed E-state index contributed by atoms with van der Waals surface area (Å²) in [5.74, 6) is 0.735. The van der Waals surface area contributed by atoms with Crippen LogP contribution in [0.2, 0.25) is 0 Å².